The SMILES string of the molecule is CCCCCCCCCC/C=C\CCCCCCCCCCCCCCCC(=O)OC(COCCCCCCCCCCCCCCCCCCCCCCCCCCC)COC1OC(COC2OC(CO)C(O)C(O)C2O)C(O)C(O)C1O. The van der Waals surface area contributed by atoms with Gasteiger partial charge in [0.25, 0.3) is 0 Å². The molecular weight excluding hydrogens is 1060 g/mol. The molecule has 7 N–H and O–H groups in total. The number of rotatable bonds is 61. The lowest BCUT2D eigenvalue weighted by Gasteiger charge is -2.42. The van der Waals surface area contributed by atoms with Crippen molar-refractivity contribution in [3.63, 3.8) is 0 Å². The van der Waals surface area contributed by atoms with Gasteiger partial charge in [0.1, 0.15) is 54.9 Å². The molecule has 84 heavy (non-hydrogen) atoms. The second-order valence-corrected chi connectivity index (χ2v) is 25.4. The minimum absolute atomic E-state index is 0.0693. The van der Waals surface area contributed by atoms with Crippen molar-refractivity contribution in [1.82, 2.24) is 0 Å². The minimum atomic E-state index is -1.70. The summed E-state index contributed by atoms with van der Waals surface area (Å²) < 4.78 is 34.6. The summed E-state index contributed by atoms with van der Waals surface area (Å²) in [6.07, 6.45) is 51.5. The number of ether oxygens (including phenoxy) is 6. The quantitative estimate of drug-likeness (QED) is 0.0171. The van der Waals surface area contributed by atoms with Gasteiger partial charge >= 0.3 is 5.97 Å². The number of hydrogen-bond acceptors (Lipinski definition) is 14. The lowest BCUT2D eigenvalue weighted by molar-refractivity contribution is -0.332. The van der Waals surface area contributed by atoms with Crippen LogP contribution in [0, 0.1) is 0 Å². The number of aliphatic hydroxyl groups is 7. The predicted molar refractivity (Wildman–Crippen MR) is 340 cm³/mol. The average molecular weight is 1200 g/mol. The fourth-order valence-electron chi connectivity index (χ4n) is 11.8. The van der Waals surface area contributed by atoms with Crippen LogP contribution < -0.4 is 0 Å². The van der Waals surface area contributed by atoms with Gasteiger partial charge in [0.05, 0.1) is 26.4 Å². The van der Waals surface area contributed by atoms with E-state index in [1.54, 1.807) is 0 Å². The Morgan fingerprint density at radius 1 is 0.381 bits per heavy atom. The van der Waals surface area contributed by atoms with Crippen molar-refractivity contribution in [1.29, 1.82) is 0 Å². The maximum absolute atomic E-state index is 13.2. The standard InChI is InChI=1S/C70H134O14/c1-3-5-7-9-11-13-15-17-19-21-23-25-27-29-31-33-35-37-39-41-43-45-47-49-51-53-62(72)82-59(57-80-69-68(78)66(76)64(74)61(84-69)58-81-70-67(77)65(75)63(73)60(55-71)83-70)56-79-54-52-50-48-46-44-42-40-38-36-34-32-30-28-26-24-22-20-18-16-14-12-10-8-6-4-2/h21,23,59-61,63-71,73-78H,3-20,22,24-58H2,1-2H3/b23-21-. The molecule has 2 rings (SSSR count). The number of carbonyl (C=O) groups excluding carboxylic acids is 1. The van der Waals surface area contributed by atoms with Crippen molar-refractivity contribution in [2.24, 2.45) is 0 Å². The number of hydrogen-bond donors (Lipinski definition) is 7. The van der Waals surface area contributed by atoms with Crippen molar-refractivity contribution < 1.29 is 69.0 Å². The van der Waals surface area contributed by atoms with Gasteiger partial charge in [-0.1, -0.05) is 296 Å². The van der Waals surface area contributed by atoms with Crippen LogP contribution in [0.4, 0.5) is 0 Å². The highest BCUT2D eigenvalue weighted by molar-refractivity contribution is 5.69. The summed E-state index contributed by atoms with van der Waals surface area (Å²) >= 11 is 0. The van der Waals surface area contributed by atoms with Crippen LogP contribution in [-0.2, 0) is 33.2 Å². The molecule has 0 radical (unpaired) electrons. The third kappa shape index (κ3) is 41.9. The molecule has 14 heteroatoms. The van der Waals surface area contributed by atoms with E-state index in [2.05, 4.69) is 26.0 Å². The molecule has 2 saturated heterocycles. The first-order valence-electron chi connectivity index (χ1n) is 35.8. The first-order chi connectivity index (χ1) is 41.1. The van der Waals surface area contributed by atoms with E-state index in [1.165, 1.54) is 263 Å². The molecule has 0 amide bonds. The number of allylic oxidation sites excluding steroid dienone is 2. The number of aliphatic hydroxyl groups excluding tert-OH is 7. The molecule has 2 fully saturated rings. The second-order valence-electron chi connectivity index (χ2n) is 25.4. The average Bonchev–Trinajstić information content (AvgIpc) is 3.67. The summed E-state index contributed by atoms with van der Waals surface area (Å²) in [7, 11) is 0. The van der Waals surface area contributed by atoms with Gasteiger partial charge < -0.3 is 64.2 Å². The molecule has 11 unspecified atom stereocenters. The van der Waals surface area contributed by atoms with E-state index in [0.29, 0.717) is 13.0 Å². The molecular formula is C70H134O14. The van der Waals surface area contributed by atoms with E-state index in [-0.39, 0.29) is 25.6 Å². The highest BCUT2D eigenvalue weighted by Crippen LogP contribution is 2.27. The van der Waals surface area contributed by atoms with E-state index in [0.717, 1.165) is 38.5 Å². The van der Waals surface area contributed by atoms with Gasteiger partial charge in [-0.2, -0.15) is 0 Å². The highest BCUT2D eigenvalue weighted by Gasteiger charge is 2.47. The zero-order valence-corrected chi connectivity index (χ0v) is 54.2. The first kappa shape index (κ1) is 78.8. The molecule has 0 aromatic rings. The van der Waals surface area contributed by atoms with Gasteiger partial charge in [-0.05, 0) is 38.5 Å². The summed E-state index contributed by atoms with van der Waals surface area (Å²) in [6, 6.07) is 0. The number of esters is 1. The van der Waals surface area contributed by atoms with Crippen LogP contribution in [0.25, 0.3) is 0 Å². The van der Waals surface area contributed by atoms with Gasteiger partial charge in [-0.15, -0.1) is 0 Å². The van der Waals surface area contributed by atoms with Crippen LogP contribution in [0.15, 0.2) is 12.2 Å². The van der Waals surface area contributed by atoms with E-state index >= 15 is 0 Å². The van der Waals surface area contributed by atoms with E-state index in [4.69, 9.17) is 28.4 Å². The van der Waals surface area contributed by atoms with Gasteiger partial charge in [-0.3, -0.25) is 4.79 Å². The Hall–Kier alpha value is -1.27. The van der Waals surface area contributed by atoms with Gasteiger partial charge in [0.15, 0.2) is 12.6 Å². The van der Waals surface area contributed by atoms with Crippen molar-refractivity contribution in [3.05, 3.63) is 12.2 Å². The zero-order chi connectivity index (χ0) is 60.8. The van der Waals surface area contributed by atoms with Crippen LogP contribution in [0.2, 0.25) is 0 Å². The Kier molecular flexibility index (Phi) is 53.4. The maximum atomic E-state index is 13.2. The molecule has 14 nitrogen and oxygen atoms in total. The fourth-order valence-corrected chi connectivity index (χ4v) is 11.8. The molecule has 0 aromatic heterocycles. The molecule has 2 aliphatic rings. The van der Waals surface area contributed by atoms with Crippen LogP contribution in [0.3, 0.4) is 0 Å². The summed E-state index contributed by atoms with van der Waals surface area (Å²) in [6.45, 7) is 3.79. The molecule has 0 bridgehead atoms. The zero-order valence-electron chi connectivity index (χ0n) is 54.2. The highest BCUT2D eigenvalue weighted by atomic mass is 16.7. The molecule has 498 valence electrons. The Morgan fingerprint density at radius 3 is 1.08 bits per heavy atom. The Labute approximate surface area is 514 Å². The summed E-state index contributed by atoms with van der Waals surface area (Å²) in [5.41, 5.74) is 0. The maximum Gasteiger partial charge on any atom is 0.306 e. The molecule has 11 atom stereocenters. The predicted octanol–water partition coefficient (Wildman–Crippen LogP) is 15.3. The van der Waals surface area contributed by atoms with E-state index < -0.39 is 80.7 Å². The molecule has 2 heterocycles. The van der Waals surface area contributed by atoms with Crippen LogP contribution in [0.5, 0.6) is 0 Å². The van der Waals surface area contributed by atoms with Gasteiger partial charge in [-0.25, -0.2) is 0 Å². The largest absolute Gasteiger partial charge is 0.457 e. The third-order valence-corrected chi connectivity index (χ3v) is 17.5. The second kappa shape index (κ2) is 56.9. The van der Waals surface area contributed by atoms with Crippen LogP contribution in [0.1, 0.15) is 328 Å². The summed E-state index contributed by atoms with van der Waals surface area (Å²) in [4.78, 5) is 13.2. The summed E-state index contributed by atoms with van der Waals surface area (Å²) in [5.74, 6) is -0.367. The molecule has 0 spiro atoms. The topological polar surface area (TPSA) is 214 Å². The van der Waals surface area contributed by atoms with Crippen molar-refractivity contribution in [3.8, 4) is 0 Å². The number of unbranched alkanes of at least 4 members (excludes halogenated alkanes) is 45. The van der Waals surface area contributed by atoms with Crippen LogP contribution in [-0.4, -0.2) is 142 Å². The monoisotopic (exact) mass is 1200 g/mol. The number of carbonyl (C=O) groups is 1. The first-order valence-corrected chi connectivity index (χ1v) is 35.8. The van der Waals surface area contributed by atoms with Crippen LogP contribution >= 0.6 is 0 Å². The third-order valence-electron chi connectivity index (χ3n) is 17.5. The molecule has 0 saturated carbocycles. The Bertz CT molecular complexity index is 1440. The van der Waals surface area contributed by atoms with E-state index in [1.807, 2.05) is 0 Å². The molecule has 0 aliphatic carbocycles. The molecule has 0 aromatic carbocycles. The van der Waals surface area contributed by atoms with Gasteiger partial charge in [0.2, 0.25) is 0 Å². The normalized spacial score (nSPS) is 23.2. The lowest BCUT2D eigenvalue weighted by atomic mass is 9.98. The minimum Gasteiger partial charge on any atom is -0.457 e. The van der Waals surface area contributed by atoms with E-state index in [9.17, 15) is 40.5 Å². The Morgan fingerprint density at radius 2 is 0.702 bits per heavy atom. The Balaban J connectivity index is 1.62. The fraction of sp³-hybridized carbons (Fsp3) is 0.957. The molecule has 2 aliphatic heterocycles. The van der Waals surface area contributed by atoms with Crippen molar-refractivity contribution >= 4 is 5.97 Å². The summed E-state index contributed by atoms with van der Waals surface area (Å²) in [5, 5.41) is 72.6. The lowest BCUT2D eigenvalue weighted by Crippen LogP contribution is -2.61. The van der Waals surface area contributed by atoms with Gasteiger partial charge in [0, 0.05) is 13.0 Å². The van der Waals surface area contributed by atoms with Crippen molar-refractivity contribution in [2.75, 3.05) is 33.0 Å². The smallest absolute Gasteiger partial charge is 0.306 e. The van der Waals surface area contributed by atoms with Crippen molar-refractivity contribution in [2.45, 2.75) is 396 Å².